The van der Waals surface area contributed by atoms with Crippen LogP contribution in [0.2, 0.25) is 0 Å². The fourth-order valence-electron chi connectivity index (χ4n) is 5.53. The summed E-state index contributed by atoms with van der Waals surface area (Å²) in [4.78, 5) is 0.273. The Morgan fingerprint density at radius 2 is 1.78 bits per heavy atom. The van der Waals surface area contributed by atoms with Crippen molar-refractivity contribution in [3.8, 4) is 5.75 Å². The van der Waals surface area contributed by atoms with Crippen molar-refractivity contribution in [3.63, 3.8) is 0 Å². The number of sulfonamides is 1. The third-order valence-electron chi connectivity index (χ3n) is 7.23. The molecular formula is C30H28N2O3S. The first kappa shape index (κ1) is 22.7. The Hall–Kier alpha value is -3.77. The molecule has 0 radical (unpaired) electrons. The van der Waals surface area contributed by atoms with Crippen molar-refractivity contribution >= 4 is 32.2 Å². The lowest BCUT2D eigenvalue weighted by atomic mass is 9.77. The van der Waals surface area contributed by atoms with Crippen molar-refractivity contribution in [2.45, 2.75) is 30.2 Å². The Labute approximate surface area is 211 Å². The van der Waals surface area contributed by atoms with Gasteiger partial charge in [0, 0.05) is 17.0 Å². The van der Waals surface area contributed by atoms with Gasteiger partial charge in [-0.15, -0.1) is 0 Å². The Balaban J connectivity index is 1.32. The van der Waals surface area contributed by atoms with Crippen LogP contribution in [0.4, 0.5) is 11.4 Å². The summed E-state index contributed by atoms with van der Waals surface area (Å²) < 4.78 is 35.3. The van der Waals surface area contributed by atoms with Crippen LogP contribution in [-0.2, 0) is 10.0 Å². The average Bonchev–Trinajstić information content (AvgIpc) is 3.39. The maximum absolute atomic E-state index is 13.4. The van der Waals surface area contributed by atoms with Crippen molar-refractivity contribution in [2.75, 3.05) is 16.6 Å². The molecule has 3 unspecified atom stereocenters. The number of nitrogens with one attached hydrogen (secondary N) is 2. The lowest BCUT2D eigenvalue weighted by molar-refractivity contribution is 0.340. The zero-order valence-electron chi connectivity index (χ0n) is 20.0. The van der Waals surface area contributed by atoms with Crippen molar-refractivity contribution in [2.24, 2.45) is 5.92 Å². The summed E-state index contributed by atoms with van der Waals surface area (Å²) in [6.07, 6.45) is 5.38. The predicted octanol–water partition coefficient (Wildman–Crippen LogP) is 6.87. The van der Waals surface area contributed by atoms with Gasteiger partial charge in [-0.2, -0.15) is 0 Å². The number of hydrogen-bond acceptors (Lipinski definition) is 4. The molecule has 6 rings (SSSR count). The molecule has 36 heavy (non-hydrogen) atoms. The minimum atomic E-state index is -3.76. The Morgan fingerprint density at radius 1 is 0.972 bits per heavy atom. The quantitative estimate of drug-likeness (QED) is 0.286. The third-order valence-corrected chi connectivity index (χ3v) is 8.59. The van der Waals surface area contributed by atoms with Crippen LogP contribution in [0.1, 0.15) is 36.4 Å². The number of ether oxygens (including phenoxy) is 1. The van der Waals surface area contributed by atoms with Crippen molar-refractivity contribution < 1.29 is 13.2 Å². The van der Waals surface area contributed by atoms with E-state index in [1.165, 1.54) is 5.56 Å². The topological polar surface area (TPSA) is 67.4 Å². The lowest BCUT2D eigenvalue weighted by Crippen LogP contribution is -2.29. The summed E-state index contributed by atoms with van der Waals surface area (Å²) in [6.45, 7) is 2.62. The highest BCUT2D eigenvalue weighted by atomic mass is 32.2. The molecule has 0 bridgehead atoms. The lowest BCUT2D eigenvalue weighted by Gasteiger charge is -2.37. The van der Waals surface area contributed by atoms with Crippen molar-refractivity contribution in [3.05, 3.63) is 108 Å². The molecule has 0 amide bonds. The first-order valence-electron chi connectivity index (χ1n) is 12.3. The standard InChI is InChI=1S/C30H28N2O3S/c1-2-35-22-15-13-21(14-16-22)30-26-11-6-10-25(26)27-19-23(17-18-28(27)31-30)36(33,34)32-29-12-5-8-20-7-3-4-9-24(20)29/h3-10,12-19,25-26,30-32H,2,11H2,1H3. The summed E-state index contributed by atoms with van der Waals surface area (Å²) in [7, 11) is -3.76. The Morgan fingerprint density at radius 3 is 2.61 bits per heavy atom. The number of allylic oxidation sites excluding steroid dienone is 2. The van der Waals surface area contributed by atoms with Crippen LogP contribution in [0.15, 0.2) is 102 Å². The van der Waals surface area contributed by atoms with Crippen LogP contribution in [0.3, 0.4) is 0 Å². The second-order valence-corrected chi connectivity index (χ2v) is 11.0. The molecule has 1 aliphatic carbocycles. The van der Waals surface area contributed by atoms with Gasteiger partial charge in [0.15, 0.2) is 0 Å². The van der Waals surface area contributed by atoms with Crippen molar-refractivity contribution in [1.29, 1.82) is 0 Å². The minimum absolute atomic E-state index is 0.143. The number of benzene rings is 4. The number of hydrogen-bond donors (Lipinski definition) is 2. The van der Waals surface area contributed by atoms with Crippen LogP contribution >= 0.6 is 0 Å². The normalized spacial score (nSPS) is 20.4. The van der Waals surface area contributed by atoms with E-state index in [-0.39, 0.29) is 16.9 Å². The number of anilines is 2. The molecule has 3 atom stereocenters. The second kappa shape index (κ2) is 9.03. The van der Waals surface area contributed by atoms with E-state index in [0.29, 0.717) is 18.2 Å². The van der Waals surface area contributed by atoms with E-state index in [1.54, 1.807) is 12.1 Å². The monoisotopic (exact) mass is 496 g/mol. The third kappa shape index (κ3) is 4.01. The van der Waals surface area contributed by atoms with E-state index in [4.69, 9.17) is 4.74 Å². The molecule has 1 heterocycles. The molecule has 2 N–H and O–H groups in total. The van der Waals surface area contributed by atoms with Crippen molar-refractivity contribution in [1.82, 2.24) is 0 Å². The van der Waals surface area contributed by atoms with Crippen LogP contribution in [-0.4, -0.2) is 15.0 Å². The molecule has 0 saturated carbocycles. The van der Waals surface area contributed by atoms with Gasteiger partial charge < -0.3 is 10.1 Å². The molecule has 0 aromatic heterocycles. The molecule has 0 saturated heterocycles. The Kier molecular flexibility index (Phi) is 5.69. The van der Waals surface area contributed by atoms with E-state index in [9.17, 15) is 8.42 Å². The summed E-state index contributed by atoms with van der Waals surface area (Å²) in [5, 5.41) is 5.56. The minimum Gasteiger partial charge on any atom is -0.494 e. The molecule has 0 fully saturated rings. The van der Waals surface area contributed by atoms with E-state index >= 15 is 0 Å². The van der Waals surface area contributed by atoms with Gasteiger partial charge in [-0.3, -0.25) is 4.72 Å². The number of rotatable bonds is 6. The second-order valence-electron chi connectivity index (χ2n) is 9.36. The first-order chi connectivity index (χ1) is 17.5. The van der Waals surface area contributed by atoms with Crippen LogP contribution < -0.4 is 14.8 Å². The maximum Gasteiger partial charge on any atom is 0.261 e. The van der Waals surface area contributed by atoms with Crippen LogP contribution in [0, 0.1) is 5.92 Å². The molecule has 0 spiro atoms. The molecule has 6 heteroatoms. The fraction of sp³-hybridized carbons (Fsp3) is 0.200. The van der Waals surface area contributed by atoms with E-state index in [1.807, 2.05) is 67.6 Å². The van der Waals surface area contributed by atoms with E-state index in [0.717, 1.165) is 34.2 Å². The zero-order chi connectivity index (χ0) is 24.7. The van der Waals surface area contributed by atoms with Gasteiger partial charge in [0.1, 0.15) is 5.75 Å². The molecule has 1 aliphatic heterocycles. The summed E-state index contributed by atoms with van der Waals surface area (Å²) in [5.41, 5.74) is 3.79. The largest absolute Gasteiger partial charge is 0.494 e. The fourth-order valence-corrected chi connectivity index (χ4v) is 6.64. The summed E-state index contributed by atoms with van der Waals surface area (Å²) >= 11 is 0. The number of fused-ring (bicyclic) bond motifs is 4. The van der Waals surface area contributed by atoms with Crippen LogP contribution in [0.5, 0.6) is 5.75 Å². The summed E-state index contributed by atoms with van der Waals surface area (Å²) in [6, 6.07) is 27.3. The Bertz CT molecular complexity index is 1560. The van der Waals surface area contributed by atoms with E-state index < -0.39 is 10.0 Å². The average molecular weight is 497 g/mol. The smallest absolute Gasteiger partial charge is 0.261 e. The maximum atomic E-state index is 13.4. The zero-order valence-corrected chi connectivity index (χ0v) is 20.8. The molecule has 2 aliphatic rings. The SMILES string of the molecule is CCOc1ccc(C2Nc3ccc(S(=O)(=O)Nc4cccc5ccccc45)cc3C3C=CCC32)cc1. The van der Waals surface area contributed by atoms with Gasteiger partial charge in [0.05, 0.1) is 23.2 Å². The van der Waals surface area contributed by atoms with Gasteiger partial charge in [0.25, 0.3) is 10.0 Å². The van der Waals surface area contributed by atoms with Gasteiger partial charge in [0.2, 0.25) is 0 Å². The van der Waals surface area contributed by atoms with Gasteiger partial charge in [-0.1, -0.05) is 60.7 Å². The molecular weight excluding hydrogens is 468 g/mol. The summed E-state index contributed by atoms with van der Waals surface area (Å²) in [5.74, 6) is 1.34. The highest BCUT2D eigenvalue weighted by molar-refractivity contribution is 7.92. The molecule has 4 aromatic rings. The molecule has 182 valence electrons. The predicted molar refractivity (Wildman–Crippen MR) is 145 cm³/mol. The molecule has 5 nitrogen and oxygen atoms in total. The first-order valence-corrected chi connectivity index (χ1v) is 13.8. The van der Waals surface area contributed by atoms with Crippen LogP contribution in [0.25, 0.3) is 10.8 Å². The highest BCUT2D eigenvalue weighted by Gasteiger charge is 2.38. The van der Waals surface area contributed by atoms with Gasteiger partial charge >= 0.3 is 0 Å². The highest BCUT2D eigenvalue weighted by Crippen LogP contribution is 2.50. The van der Waals surface area contributed by atoms with E-state index in [2.05, 4.69) is 34.3 Å². The van der Waals surface area contributed by atoms with Gasteiger partial charge in [-0.25, -0.2) is 8.42 Å². The molecule has 4 aromatic carbocycles. The van der Waals surface area contributed by atoms with Gasteiger partial charge in [-0.05, 0) is 72.2 Å².